The van der Waals surface area contributed by atoms with Gasteiger partial charge >= 0.3 is 6.09 Å². The molecular weight excluding hydrogens is 507 g/mol. The quantitative estimate of drug-likeness (QED) is 0.336. The Balaban J connectivity index is 1.06. The average molecular weight is 533 g/mol. The van der Waals surface area contributed by atoms with Gasteiger partial charge in [-0.1, -0.05) is 12.1 Å². The van der Waals surface area contributed by atoms with Crippen LogP contribution in [0, 0.1) is 5.82 Å². The van der Waals surface area contributed by atoms with Crippen molar-refractivity contribution in [3.8, 4) is 0 Å². The molecule has 0 unspecified atom stereocenters. The number of rotatable bonds is 7. The van der Waals surface area contributed by atoms with E-state index >= 15 is 4.39 Å². The van der Waals surface area contributed by atoms with E-state index in [-0.39, 0.29) is 37.1 Å². The fourth-order valence-corrected chi connectivity index (χ4v) is 5.26. The van der Waals surface area contributed by atoms with Crippen molar-refractivity contribution in [3.63, 3.8) is 0 Å². The molecule has 0 bridgehead atoms. The Morgan fingerprint density at radius 3 is 2.23 bits per heavy atom. The largest absolute Gasteiger partial charge is 0.444 e. The number of imide groups is 1. The molecule has 3 aromatic rings. The number of cyclic esters (lactones) is 1. The van der Waals surface area contributed by atoms with Crippen molar-refractivity contribution in [2.75, 3.05) is 54.0 Å². The van der Waals surface area contributed by atoms with E-state index in [1.807, 2.05) is 9.80 Å². The van der Waals surface area contributed by atoms with Gasteiger partial charge < -0.3 is 19.0 Å². The molecule has 0 aliphatic carbocycles. The molecule has 6 rings (SSSR count). The summed E-state index contributed by atoms with van der Waals surface area (Å²) in [5.74, 6) is -0.294. The standard InChI is InChI=1S/C28H25FN4O6/c29-23-15-18(5-7-24(23)30-11-13-31(14-12-30)25-8-6-20(17-34)38-25)33-16-19(39-28(33)37)9-10-32-26(35)21-3-1-2-4-22(21)27(32)36/h1-8,15,17,19H,9-14,16H2/t19-/m0/s1. The third-order valence-corrected chi connectivity index (χ3v) is 7.33. The monoisotopic (exact) mass is 532 g/mol. The van der Waals surface area contributed by atoms with Gasteiger partial charge in [-0.05, 0) is 36.4 Å². The summed E-state index contributed by atoms with van der Waals surface area (Å²) in [5, 5.41) is 0. The van der Waals surface area contributed by atoms with Crippen molar-refractivity contribution in [3.05, 3.63) is 77.3 Å². The first-order valence-electron chi connectivity index (χ1n) is 12.7. The highest BCUT2D eigenvalue weighted by Crippen LogP contribution is 2.30. The van der Waals surface area contributed by atoms with Gasteiger partial charge in [-0.2, -0.15) is 0 Å². The molecule has 39 heavy (non-hydrogen) atoms. The molecule has 1 atom stereocenters. The van der Waals surface area contributed by atoms with Crippen LogP contribution in [-0.2, 0) is 4.74 Å². The van der Waals surface area contributed by atoms with Gasteiger partial charge in [-0.3, -0.25) is 24.2 Å². The molecule has 11 heteroatoms. The van der Waals surface area contributed by atoms with Crippen LogP contribution in [0.2, 0.25) is 0 Å². The van der Waals surface area contributed by atoms with Crippen LogP contribution in [0.1, 0.15) is 37.7 Å². The molecule has 10 nitrogen and oxygen atoms in total. The van der Waals surface area contributed by atoms with E-state index in [0.717, 1.165) is 0 Å². The molecule has 3 aliphatic heterocycles. The lowest BCUT2D eigenvalue weighted by Crippen LogP contribution is -2.46. The first kappa shape index (κ1) is 24.7. The van der Waals surface area contributed by atoms with Crippen LogP contribution >= 0.6 is 0 Å². The maximum Gasteiger partial charge on any atom is 0.414 e. The molecular formula is C28H25FN4O6. The highest BCUT2D eigenvalue weighted by Gasteiger charge is 2.38. The second-order valence-electron chi connectivity index (χ2n) is 9.62. The lowest BCUT2D eigenvalue weighted by atomic mass is 10.1. The fourth-order valence-electron chi connectivity index (χ4n) is 5.26. The van der Waals surface area contributed by atoms with Crippen LogP contribution < -0.4 is 14.7 Å². The number of amides is 3. The number of hydrogen-bond acceptors (Lipinski definition) is 8. The summed E-state index contributed by atoms with van der Waals surface area (Å²) in [6, 6.07) is 14.7. The maximum absolute atomic E-state index is 15.2. The first-order valence-corrected chi connectivity index (χ1v) is 12.7. The zero-order valence-electron chi connectivity index (χ0n) is 20.9. The van der Waals surface area contributed by atoms with Gasteiger partial charge in [0.25, 0.3) is 11.8 Å². The Bertz CT molecular complexity index is 1430. The molecule has 0 N–H and O–H groups in total. The summed E-state index contributed by atoms with van der Waals surface area (Å²) in [7, 11) is 0. The molecule has 1 aromatic heterocycles. The maximum atomic E-state index is 15.2. The van der Waals surface area contributed by atoms with Crippen LogP contribution in [-0.4, -0.2) is 74.5 Å². The van der Waals surface area contributed by atoms with E-state index in [9.17, 15) is 19.2 Å². The molecule has 2 aromatic carbocycles. The van der Waals surface area contributed by atoms with Gasteiger partial charge in [0.1, 0.15) is 11.9 Å². The predicted octanol–water partition coefficient (Wildman–Crippen LogP) is 3.57. The van der Waals surface area contributed by atoms with E-state index in [1.165, 1.54) is 15.9 Å². The second-order valence-corrected chi connectivity index (χ2v) is 9.62. The zero-order chi connectivity index (χ0) is 27.1. The highest BCUT2D eigenvalue weighted by atomic mass is 19.1. The first-order chi connectivity index (χ1) is 18.9. The van der Waals surface area contributed by atoms with Crippen molar-refractivity contribution in [2.24, 2.45) is 0 Å². The van der Waals surface area contributed by atoms with Crippen LogP contribution in [0.5, 0.6) is 0 Å². The summed E-state index contributed by atoms with van der Waals surface area (Å²) in [6.45, 7) is 2.61. The van der Waals surface area contributed by atoms with Crippen LogP contribution in [0.15, 0.2) is 59.0 Å². The van der Waals surface area contributed by atoms with Gasteiger partial charge in [0.05, 0.1) is 29.0 Å². The summed E-state index contributed by atoms with van der Waals surface area (Å²) < 4.78 is 26.1. The number of anilines is 3. The average Bonchev–Trinajstić information content (AvgIpc) is 3.65. The van der Waals surface area contributed by atoms with E-state index in [4.69, 9.17) is 9.15 Å². The minimum absolute atomic E-state index is 0.117. The SMILES string of the molecule is O=Cc1ccc(N2CCN(c3ccc(N4C[C@H](CCN5C(=O)c6ccccc6C5=O)OC4=O)cc3F)CC2)o1. The number of furan rings is 1. The van der Waals surface area contributed by atoms with Crippen LogP contribution in [0.3, 0.4) is 0 Å². The summed E-state index contributed by atoms with van der Waals surface area (Å²) in [6.07, 6.45) is -0.207. The Hall–Kier alpha value is -4.67. The Morgan fingerprint density at radius 1 is 0.897 bits per heavy atom. The molecule has 3 aliphatic rings. The van der Waals surface area contributed by atoms with E-state index < -0.39 is 18.0 Å². The van der Waals surface area contributed by atoms with Crippen LogP contribution in [0.25, 0.3) is 0 Å². The molecule has 0 radical (unpaired) electrons. The Kier molecular flexibility index (Phi) is 6.26. The number of halogens is 1. The van der Waals surface area contributed by atoms with Gasteiger partial charge in [0.2, 0.25) is 0 Å². The van der Waals surface area contributed by atoms with E-state index in [0.29, 0.717) is 60.9 Å². The number of carbonyl (C=O) groups is 4. The van der Waals surface area contributed by atoms with Gasteiger partial charge in [-0.15, -0.1) is 0 Å². The second kappa shape index (κ2) is 9.90. The lowest BCUT2D eigenvalue weighted by Gasteiger charge is -2.36. The minimum Gasteiger partial charge on any atom is -0.444 e. The fraction of sp³-hybridized carbons (Fsp3) is 0.286. The number of nitrogens with zero attached hydrogens (tertiary/aromatic N) is 4. The van der Waals surface area contributed by atoms with Crippen molar-refractivity contribution in [2.45, 2.75) is 12.5 Å². The van der Waals surface area contributed by atoms with Crippen molar-refractivity contribution >= 4 is 41.5 Å². The number of fused-ring (bicyclic) bond motifs is 1. The molecule has 200 valence electrons. The summed E-state index contributed by atoms with van der Waals surface area (Å²) in [4.78, 5) is 55.1. The number of carbonyl (C=O) groups excluding carboxylic acids is 4. The Morgan fingerprint density at radius 2 is 1.59 bits per heavy atom. The van der Waals surface area contributed by atoms with Gasteiger partial charge in [0, 0.05) is 45.2 Å². The van der Waals surface area contributed by atoms with Crippen molar-refractivity contribution in [1.82, 2.24) is 4.90 Å². The Labute approximate surface area is 223 Å². The summed E-state index contributed by atoms with van der Waals surface area (Å²) >= 11 is 0. The smallest absolute Gasteiger partial charge is 0.414 e. The topological polar surface area (TPSA) is 104 Å². The third-order valence-electron chi connectivity index (χ3n) is 7.33. The number of piperazine rings is 1. The van der Waals surface area contributed by atoms with Crippen molar-refractivity contribution in [1.29, 1.82) is 0 Å². The predicted molar refractivity (Wildman–Crippen MR) is 139 cm³/mol. The normalized spacial score (nSPS) is 19.1. The van der Waals surface area contributed by atoms with Gasteiger partial charge in [0.15, 0.2) is 17.9 Å². The minimum atomic E-state index is -0.601. The molecule has 3 amide bonds. The van der Waals surface area contributed by atoms with Crippen LogP contribution in [0.4, 0.5) is 26.4 Å². The number of hydrogen-bond donors (Lipinski definition) is 0. The molecule has 2 saturated heterocycles. The molecule has 4 heterocycles. The lowest BCUT2D eigenvalue weighted by molar-refractivity contribution is 0.0628. The number of benzene rings is 2. The highest BCUT2D eigenvalue weighted by molar-refractivity contribution is 6.21. The van der Waals surface area contributed by atoms with E-state index in [2.05, 4.69) is 0 Å². The number of ether oxygens (including phenoxy) is 1. The van der Waals surface area contributed by atoms with E-state index in [1.54, 1.807) is 48.5 Å². The molecule has 2 fully saturated rings. The molecule has 0 saturated carbocycles. The van der Waals surface area contributed by atoms with Crippen molar-refractivity contribution < 1.29 is 32.7 Å². The zero-order valence-corrected chi connectivity index (χ0v) is 20.9. The number of aldehydes is 1. The summed E-state index contributed by atoms with van der Waals surface area (Å²) in [5.41, 5.74) is 1.55. The third kappa shape index (κ3) is 4.49. The van der Waals surface area contributed by atoms with Gasteiger partial charge in [-0.25, -0.2) is 9.18 Å². The molecule has 0 spiro atoms.